The summed E-state index contributed by atoms with van der Waals surface area (Å²) < 4.78 is 4.47. The van der Waals surface area contributed by atoms with E-state index in [0.29, 0.717) is 0 Å². The Morgan fingerprint density at radius 2 is 1.87 bits per heavy atom. The van der Waals surface area contributed by atoms with Crippen LogP contribution in [0.4, 0.5) is 0 Å². The molecule has 0 radical (unpaired) electrons. The Bertz CT molecular complexity index is 354. The van der Waals surface area contributed by atoms with E-state index in [1.165, 1.54) is 24.3 Å². The second-order valence-electron chi connectivity index (χ2n) is 2.66. The molecule has 1 rings (SSSR count). The van der Waals surface area contributed by atoms with Crippen LogP contribution in [0.3, 0.4) is 0 Å². The van der Waals surface area contributed by atoms with Crippen molar-refractivity contribution < 1.29 is 22.3 Å². The molecule has 0 aliphatic carbocycles. The molecule has 0 atom stereocenters. The number of aromatic hydroxyl groups is 1. The van der Waals surface area contributed by atoms with Crippen LogP contribution in [-0.2, 0) is 9.53 Å². The van der Waals surface area contributed by atoms with Crippen molar-refractivity contribution in [2.45, 2.75) is 13.3 Å². The number of hydrogen-bond acceptors (Lipinski definition) is 4. The molecule has 0 saturated carbocycles. The Balaban J connectivity index is -0.000000653. The molecule has 0 amide bonds. The van der Waals surface area contributed by atoms with Crippen LogP contribution in [0.15, 0.2) is 24.3 Å². The first-order valence-corrected chi connectivity index (χ1v) is 4.17. The van der Waals surface area contributed by atoms with Crippen molar-refractivity contribution in [3.63, 3.8) is 0 Å². The van der Waals surface area contributed by atoms with E-state index in [0.717, 1.165) is 0 Å². The number of phenolic OH excluding ortho intramolecular Hbond substituents is 1. The number of carbonyl (C=O) groups is 2. The van der Waals surface area contributed by atoms with Crippen molar-refractivity contribution in [2.24, 2.45) is 0 Å². The van der Waals surface area contributed by atoms with Gasteiger partial charge in [-0.3, -0.25) is 4.79 Å². The van der Waals surface area contributed by atoms with Gasteiger partial charge in [0.15, 0.2) is 0 Å². The molecule has 15 heavy (non-hydrogen) atoms. The maximum absolute atomic E-state index is 11.2. The largest absolute Gasteiger partial charge is 2.00 e. The summed E-state index contributed by atoms with van der Waals surface area (Å²) in [6.07, 6.45) is 0.157. The van der Waals surface area contributed by atoms with Crippen LogP contribution in [-0.4, -0.2) is 54.8 Å². The zero-order chi connectivity index (χ0) is 10.6. The van der Waals surface area contributed by atoms with Crippen molar-refractivity contribution in [3.05, 3.63) is 29.8 Å². The van der Waals surface area contributed by atoms with Gasteiger partial charge in [-0.25, -0.2) is 4.79 Å². The van der Waals surface area contributed by atoms with E-state index in [1.54, 1.807) is 6.92 Å². The molecule has 0 aliphatic rings. The Kier molecular flexibility index (Phi) is 6.56. The molecule has 0 unspecified atom stereocenters. The normalized spacial score (nSPS) is 8.87. The predicted octanol–water partition coefficient (Wildman–Crippen LogP) is 1.33. The summed E-state index contributed by atoms with van der Waals surface area (Å²) in [4.78, 5) is 22.0. The van der Waals surface area contributed by atoms with Gasteiger partial charge in [-0.05, 0) is 24.3 Å². The first kappa shape index (κ1) is 14.4. The summed E-state index contributed by atoms with van der Waals surface area (Å²) in [7, 11) is 0. The van der Waals surface area contributed by atoms with Gasteiger partial charge in [-0.1, -0.05) is 6.92 Å². The number of ether oxygens (including phenoxy) is 1. The monoisotopic (exact) mass is 236 g/mol. The van der Waals surface area contributed by atoms with Gasteiger partial charge in [0.1, 0.15) is 5.75 Å². The summed E-state index contributed by atoms with van der Waals surface area (Å²) in [6, 6.07) is 5.49. The van der Waals surface area contributed by atoms with Crippen molar-refractivity contribution >= 4 is 49.7 Å². The minimum Gasteiger partial charge on any atom is -1.00 e. The molecule has 0 saturated heterocycles. The third-order valence-electron chi connectivity index (χ3n) is 1.60. The fourth-order valence-electron chi connectivity index (χ4n) is 0.832. The van der Waals surface area contributed by atoms with Crippen LogP contribution in [0.2, 0.25) is 0 Å². The third kappa shape index (κ3) is 4.64. The van der Waals surface area contributed by atoms with Crippen molar-refractivity contribution in [1.29, 1.82) is 0 Å². The first-order chi connectivity index (χ1) is 6.63. The van der Waals surface area contributed by atoms with E-state index >= 15 is 0 Å². The average molecular weight is 236 g/mol. The zero-order valence-corrected chi connectivity index (χ0v) is 10.6. The summed E-state index contributed by atoms with van der Waals surface area (Å²) in [5, 5.41) is 8.95. The molecule has 4 nitrogen and oxygen atoms in total. The number of phenols is 1. The quantitative estimate of drug-likeness (QED) is 0.478. The Morgan fingerprint density at radius 3 is 2.33 bits per heavy atom. The SMILES string of the molecule is CCC(=O)OC(=O)c1ccc(O)cc1.[Ca+2].[H-].[H-]. The van der Waals surface area contributed by atoms with Crippen molar-refractivity contribution in [1.82, 2.24) is 0 Å². The maximum atomic E-state index is 11.2. The van der Waals surface area contributed by atoms with Crippen LogP contribution in [0.5, 0.6) is 5.75 Å². The van der Waals surface area contributed by atoms with E-state index in [2.05, 4.69) is 4.74 Å². The van der Waals surface area contributed by atoms with Crippen LogP contribution in [0, 0.1) is 0 Å². The summed E-state index contributed by atoms with van der Waals surface area (Å²) >= 11 is 0. The van der Waals surface area contributed by atoms with E-state index in [9.17, 15) is 9.59 Å². The van der Waals surface area contributed by atoms with Gasteiger partial charge in [0, 0.05) is 6.42 Å². The topological polar surface area (TPSA) is 63.6 Å². The Hall–Kier alpha value is -0.580. The summed E-state index contributed by atoms with van der Waals surface area (Å²) in [6.45, 7) is 1.60. The minimum atomic E-state index is -0.697. The van der Waals surface area contributed by atoms with Gasteiger partial charge < -0.3 is 12.7 Å². The van der Waals surface area contributed by atoms with Gasteiger partial charge in [0.25, 0.3) is 0 Å². The van der Waals surface area contributed by atoms with Gasteiger partial charge in [-0.15, -0.1) is 0 Å². The van der Waals surface area contributed by atoms with Crippen LogP contribution in [0.25, 0.3) is 0 Å². The van der Waals surface area contributed by atoms with Crippen LogP contribution < -0.4 is 0 Å². The minimum absolute atomic E-state index is 0. The zero-order valence-electron chi connectivity index (χ0n) is 10.4. The van der Waals surface area contributed by atoms with Gasteiger partial charge in [0.2, 0.25) is 0 Å². The second kappa shape index (κ2) is 6.82. The van der Waals surface area contributed by atoms with E-state index in [1.807, 2.05) is 0 Å². The Labute approximate surface area is 120 Å². The Morgan fingerprint density at radius 1 is 1.33 bits per heavy atom. The predicted molar refractivity (Wildman–Crippen MR) is 56.8 cm³/mol. The summed E-state index contributed by atoms with van der Waals surface area (Å²) in [5.41, 5.74) is 0.240. The van der Waals surface area contributed by atoms with Gasteiger partial charge in [-0.2, -0.15) is 0 Å². The van der Waals surface area contributed by atoms with Crippen LogP contribution in [0.1, 0.15) is 26.6 Å². The molecule has 0 fully saturated rings. The molecule has 78 valence electrons. The molecule has 5 heteroatoms. The molecule has 0 spiro atoms. The van der Waals surface area contributed by atoms with Crippen LogP contribution >= 0.6 is 0 Å². The fraction of sp³-hybridized carbons (Fsp3) is 0.200. The molecule has 1 N–H and O–H groups in total. The molecular formula is C10H12CaO4. The third-order valence-corrected chi connectivity index (χ3v) is 1.60. The molecule has 1 aromatic carbocycles. The molecule has 0 heterocycles. The number of hydrogen-bond donors (Lipinski definition) is 1. The molecular weight excluding hydrogens is 224 g/mol. The van der Waals surface area contributed by atoms with Crippen molar-refractivity contribution in [3.8, 4) is 5.75 Å². The molecule has 1 aromatic rings. The standard InChI is InChI=1S/C10H10O4.Ca.2H/c1-2-9(12)14-10(13)7-3-5-8(11)6-4-7;;;/h3-6,11H,2H2,1H3;;;/q;+2;2*-1. The average Bonchev–Trinajstić information content (AvgIpc) is 2.18. The van der Waals surface area contributed by atoms with Gasteiger partial charge in [0.05, 0.1) is 5.56 Å². The van der Waals surface area contributed by atoms with E-state index in [4.69, 9.17) is 5.11 Å². The smallest absolute Gasteiger partial charge is 1.00 e. The molecule has 0 aromatic heterocycles. The molecule has 0 aliphatic heterocycles. The fourth-order valence-corrected chi connectivity index (χ4v) is 0.832. The maximum Gasteiger partial charge on any atom is 2.00 e. The number of benzene rings is 1. The number of esters is 2. The first-order valence-electron chi connectivity index (χ1n) is 4.17. The van der Waals surface area contributed by atoms with E-state index < -0.39 is 11.9 Å². The number of rotatable bonds is 2. The van der Waals surface area contributed by atoms with Crippen molar-refractivity contribution in [2.75, 3.05) is 0 Å². The van der Waals surface area contributed by atoms with E-state index in [-0.39, 0.29) is 58.3 Å². The number of carbonyl (C=O) groups excluding carboxylic acids is 2. The second-order valence-corrected chi connectivity index (χ2v) is 2.66. The van der Waals surface area contributed by atoms with Gasteiger partial charge >= 0.3 is 49.7 Å². The summed E-state index contributed by atoms with van der Waals surface area (Å²) in [5.74, 6) is -1.21. The molecule has 0 bridgehead atoms.